The lowest BCUT2D eigenvalue weighted by molar-refractivity contribution is -0.129. The Hall–Kier alpha value is -1.39. The molecule has 0 radical (unpaired) electrons. The Morgan fingerprint density at radius 3 is 2.50 bits per heavy atom. The first-order valence-corrected chi connectivity index (χ1v) is 8.56. The molecule has 1 N–H and O–H groups in total. The van der Waals surface area contributed by atoms with Gasteiger partial charge in [0.25, 0.3) is 0 Å². The van der Waals surface area contributed by atoms with E-state index in [-0.39, 0.29) is 5.91 Å². The molecule has 0 bridgehead atoms. The van der Waals surface area contributed by atoms with Crippen LogP contribution < -0.4 is 5.32 Å². The first-order valence-electron chi connectivity index (χ1n) is 8.56. The first-order chi connectivity index (χ1) is 10.8. The van der Waals surface area contributed by atoms with E-state index >= 15 is 0 Å². The van der Waals surface area contributed by atoms with Crippen molar-refractivity contribution in [3.05, 3.63) is 35.4 Å². The lowest BCUT2D eigenvalue weighted by atomic mass is 10.1. The fraction of sp³-hybridized carbons (Fsp3) is 0.611. The van der Waals surface area contributed by atoms with E-state index in [9.17, 15) is 4.79 Å². The summed E-state index contributed by atoms with van der Waals surface area (Å²) in [5.74, 6) is 0.280. The Kier molecular flexibility index (Phi) is 5.11. The second-order valence-corrected chi connectivity index (χ2v) is 6.42. The van der Waals surface area contributed by atoms with Crippen molar-refractivity contribution in [3.8, 4) is 0 Å². The van der Waals surface area contributed by atoms with Crippen LogP contribution in [0.4, 0.5) is 0 Å². The zero-order valence-electron chi connectivity index (χ0n) is 13.6. The minimum Gasteiger partial charge on any atom is -0.341 e. The number of likely N-dealkylation sites (tertiary alicyclic amines) is 1. The summed E-state index contributed by atoms with van der Waals surface area (Å²) >= 11 is 0. The van der Waals surface area contributed by atoms with Gasteiger partial charge in [0.15, 0.2) is 0 Å². The van der Waals surface area contributed by atoms with Crippen molar-refractivity contribution in [1.29, 1.82) is 0 Å². The van der Waals surface area contributed by atoms with E-state index < -0.39 is 0 Å². The number of piperazine rings is 1. The highest BCUT2D eigenvalue weighted by Gasteiger charge is 2.30. The van der Waals surface area contributed by atoms with Crippen LogP contribution in [0.15, 0.2) is 24.3 Å². The molecule has 1 unspecified atom stereocenters. The molecule has 0 spiro atoms. The third-order valence-corrected chi connectivity index (χ3v) is 4.97. The van der Waals surface area contributed by atoms with Gasteiger partial charge in [-0.25, -0.2) is 0 Å². The lowest BCUT2D eigenvalue weighted by Gasteiger charge is -2.32. The van der Waals surface area contributed by atoms with Crippen LogP contribution in [0.3, 0.4) is 0 Å². The van der Waals surface area contributed by atoms with Crippen LogP contribution in [0.5, 0.6) is 0 Å². The third kappa shape index (κ3) is 3.68. The van der Waals surface area contributed by atoms with Gasteiger partial charge in [0.05, 0.1) is 6.42 Å². The number of carbonyl (C=O) groups is 1. The van der Waals surface area contributed by atoms with Gasteiger partial charge in [-0.05, 0) is 24.0 Å². The third-order valence-electron chi connectivity index (χ3n) is 4.97. The van der Waals surface area contributed by atoms with Crippen molar-refractivity contribution in [2.45, 2.75) is 32.2 Å². The second-order valence-electron chi connectivity index (χ2n) is 6.42. The van der Waals surface area contributed by atoms with Gasteiger partial charge in [0.1, 0.15) is 0 Å². The number of nitrogens with zero attached hydrogens (tertiary/aromatic N) is 2. The van der Waals surface area contributed by atoms with Gasteiger partial charge in [-0.1, -0.05) is 31.2 Å². The fourth-order valence-electron chi connectivity index (χ4n) is 3.49. The SMILES string of the molecule is CCc1ccc(CC(=O)N2CCC(N3CCNCC3)C2)cc1. The van der Waals surface area contributed by atoms with E-state index in [2.05, 4.69) is 46.3 Å². The Bertz CT molecular complexity index is 494. The maximum atomic E-state index is 12.5. The molecule has 2 saturated heterocycles. The standard InChI is InChI=1S/C18H27N3O/c1-2-15-3-5-16(6-4-15)13-18(22)21-10-7-17(14-21)20-11-8-19-9-12-20/h3-6,17,19H,2,7-14H2,1H3. The van der Waals surface area contributed by atoms with Crippen LogP contribution in [0, 0.1) is 0 Å². The second kappa shape index (κ2) is 7.25. The minimum absolute atomic E-state index is 0.280. The molecule has 2 aliphatic rings. The van der Waals surface area contributed by atoms with Crippen molar-refractivity contribution < 1.29 is 4.79 Å². The molecule has 3 rings (SSSR count). The average Bonchev–Trinajstić information content (AvgIpc) is 3.06. The van der Waals surface area contributed by atoms with E-state index in [4.69, 9.17) is 0 Å². The minimum atomic E-state index is 0.280. The molecule has 4 heteroatoms. The summed E-state index contributed by atoms with van der Waals surface area (Å²) in [4.78, 5) is 17.1. The zero-order chi connectivity index (χ0) is 15.4. The number of hydrogen-bond acceptors (Lipinski definition) is 3. The normalized spacial score (nSPS) is 23.0. The Morgan fingerprint density at radius 2 is 1.82 bits per heavy atom. The van der Waals surface area contributed by atoms with E-state index in [0.717, 1.165) is 57.7 Å². The molecule has 0 saturated carbocycles. The molecular formula is C18H27N3O. The predicted octanol–water partition coefficient (Wildman–Crippen LogP) is 1.30. The Balaban J connectivity index is 1.52. The quantitative estimate of drug-likeness (QED) is 0.910. The summed E-state index contributed by atoms with van der Waals surface area (Å²) < 4.78 is 0. The molecule has 22 heavy (non-hydrogen) atoms. The number of carbonyl (C=O) groups excluding carboxylic acids is 1. The average molecular weight is 301 g/mol. The van der Waals surface area contributed by atoms with E-state index in [1.54, 1.807) is 0 Å². The summed E-state index contributed by atoms with van der Waals surface area (Å²) in [5, 5.41) is 3.39. The van der Waals surface area contributed by atoms with Gasteiger partial charge in [0, 0.05) is 45.3 Å². The number of aryl methyl sites for hydroxylation is 1. The molecule has 2 heterocycles. The zero-order valence-corrected chi connectivity index (χ0v) is 13.6. The molecule has 4 nitrogen and oxygen atoms in total. The number of benzene rings is 1. The van der Waals surface area contributed by atoms with Crippen molar-refractivity contribution in [2.24, 2.45) is 0 Å². The smallest absolute Gasteiger partial charge is 0.227 e. The maximum absolute atomic E-state index is 12.5. The first kappa shape index (κ1) is 15.5. The van der Waals surface area contributed by atoms with Crippen molar-refractivity contribution in [2.75, 3.05) is 39.3 Å². The van der Waals surface area contributed by atoms with Crippen molar-refractivity contribution in [1.82, 2.24) is 15.1 Å². The van der Waals surface area contributed by atoms with Gasteiger partial charge in [-0.3, -0.25) is 9.69 Å². The van der Waals surface area contributed by atoms with Gasteiger partial charge in [-0.2, -0.15) is 0 Å². The predicted molar refractivity (Wildman–Crippen MR) is 89.0 cm³/mol. The fourth-order valence-corrected chi connectivity index (χ4v) is 3.49. The van der Waals surface area contributed by atoms with Gasteiger partial charge in [0.2, 0.25) is 5.91 Å². The van der Waals surface area contributed by atoms with Crippen LogP contribution in [-0.2, 0) is 17.6 Å². The van der Waals surface area contributed by atoms with Crippen LogP contribution in [0.1, 0.15) is 24.5 Å². The molecular weight excluding hydrogens is 274 g/mol. The summed E-state index contributed by atoms with van der Waals surface area (Å²) in [6.07, 6.45) is 2.71. The number of hydrogen-bond donors (Lipinski definition) is 1. The highest BCUT2D eigenvalue weighted by Crippen LogP contribution is 2.17. The highest BCUT2D eigenvalue weighted by atomic mass is 16.2. The van der Waals surface area contributed by atoms with E-state index in [1.807, 2.05) is 0 Å². The number of amides is 1. The molecule has 1 aromatic rings. The van der Waals surface area contributed by atoms with Crippen LogP contribution in [0.25, 0.3) is 0 Å². The van der Waals surface area contributed by atoms with Crippen LogP contribution in [-0.4, -0.2) is 61.0 Å². The maximum Gasteiger partial charge on any atom is 0.227 e. The molecule has 2 aliphatic heterocycles. The van der Waals surface area contributed by atoms with Crippen molar-refractivity contribution >= 4 is 5.91 Å². The molecule has 0 aromatic heterocycles. The topological polar surface area (TPSA) is 35.6 Å². The van der Waals surface area contributed by atoms with Crippen LogP contribution in [0.2, 0.25) is 0 Å². The van der Waals surface area contributed by atoms with Gasteiger partial charge in [-0.15, -0.1) is 0 Å². The highest BCUT2D eigenvalue weighted by molar-refractivity contribution is 5.79. The van der Waals surface area contributed by atoms with E-state index in [0.29, 0.717) is 12.5 Å². The van der Waals surface area contributed by atoms with Gasteiger partial charge >= 0.3 is 0 Å². The molecule has 1 amide bonds. The molecule has 2 fully saturated rings. The van der Waals surface area contributed by atoms with Crippen molar-refractivity contribution in [3.63, 3.8) is 0 Å². The largest absolute Gasteiger partial charge is 0.341 e. The summed E-state index contributed by atoms with van der Waals surface area (Å²) in [6, 6.07) is 9.03. The Morgan fingerprint density at radius 1 is 1.14 bits per heavy atom. The van der Waals surface area contributed by atoms with Crippen LogP contribution >= 0.6 is 0 Å². The summed E-state index contributed by atoms with van der Waals surface area (Å²) in [6.45, 7) is 8.37. The number of rotatable bonds is 4. The molecule has 1 aromatic carbocycles. The van der Waals surface area contributed by atoms with Gasteiger partial charge < -0.3 is 10.2 Å². The monoisotopic (exact) mass is 301 g/mol. The molecule has 0 aliphatic carbocycles. The molecule has 1 atom stereocenters. The number of nitrogens with one attached hydrogen (secondary N) is 1. The Labute approximate surface area is 133 Å². The van der Waals surface area contributed by atoms with E-state index in [1.165, 1.54) is 5.56 Å². The summed E-state index contributed by atoms with van der Waals surface area (Å²) in [5.41, 5.74) is 2.46. The lowest BCUT2D eigenvalue weighted by Crippen LogP contribution is -2.49. The summed E-state index contributed by atoms with van der Waals surface area (Å²) in [7, 11) is 0. The molecule has 120 valence electrons.